The molecule has 2 heterocycles. The molecule has 11 heteroatoms. The van der Waals surface area contributed by atoms with Crippen molar-refractivity contribution in [3.8, 4) is 5.69 Å². The molecular weight excluding hydrogens is 461 g/mol. The molecule has 3 N–H and O–H groups in total. The fourth-order valence-corrected chi connectivity index (χ4v) is 4.54. The van der Waals surface area contributed by atoms with Gasteiger partial charge in [-0.25, -0.2) is 22.6 Å². The van der Waals surface area contributed by atoms with E-state index in [1.807, 2.05) is 18.7 Å². The Kier molecular flexibility index (Phi) is 6.69. The highest BCUT2D eigenvalue weighted by atomic mass is 32.2. The standard InChI is InChI=1S/C23H26FN5O4S/c1-15(21-14-26-29(16(21)2)18-5-3-17(24)4-6-18)27-23(30)20-13-19(34(25,31)32)7-8-22(20)28-9-11-33-12-10-28/h3-8,13-15H,9-12H2,1-2H3,(H,27,30)(H2,25,31,32). The first-order chi connectivity index (χ1) is 16.1. The van der Waals surface area contributed by atoms with Gasteiger partial charge >= 0.3 is 0 Å². The number of morpholine rings is 1. The number of rotatable bonds is 6. The van der Waals surface area contributed by atoms with Crippen LogP contribution >= 0.6 is 0 Å². The minimum atomic E-state index is -3.99. The normalized spacial score (nSPS) is 15.2. The Labute approximate surface area is 197 Å². The van der Waals surface area contributed by atoms with E-state index in [1.165, 1.54) is 24.3 Å². The van der Waals surface area contributed by atoms with E-state index in [4.69, 9.17) is 9.88 Å². The summed E-state index contributed by atoms with van der Waals surface area (Å²) in [5.41, 5.74) is 3.07. The van der Waals surface area contributed by atoms with Gasteiger partial charge in [0.1, 0.15) is 5.82 Å². The molecule has 9 nitrogen and oxygen atoms in total. The lowest BCUT2D eigenvalue weighted by molar-refractivity contribution is 0.0938. The zero-order valence-electron chi connectivity index (χ0n) is 18.9. The first kappa shape index (κ1) is 23.9. The molecule has 1 saturated heterocycles. The first-order valence-electron chi connectivity index (χ1n) is 10.8. The van der Waals surface area contributed by atoms with Gasteiger partial charge in [0.15, 0.2) is 0 Å². The highest BCUT2D eigenvalue weighted by Crippen LogP contribution is 2.27. The topological polar surface area (TPSA) is 120 Å². The molecule has 2 aromatic carbocycles. The maximum absolute atomic E-state index is 13.3. The number of hydrogen-bond donors (Lipinski definition) is 2. The zero-order valence-corrected chi connectivity index (χ0v) is 19.7. The van der Waals surface area contributed by atoms with Gasteiger partial charge in [-0.3, -0.25) is 4.79 Å². The molecule has 0 radical (unpaired) electrons. The minimum absolute atomic E-state index is 0.136. The maximum atomic E-state index is 13.3. The van der Waals surface area contributed by atoms with Gasteiger partial charge in [0, 0.05) is 30.0 Å². The van der Waals surface area contributed by atoms with Crippen LogP contribution < -0.4 is 15.4 Å². The Balaban J connectivity index is 1.62. The van der Waals surface area contributed by atoms with Crippen molar-refractivity contribution in [2.75, 3.05) is 31.2 Å². The summed E-state index contributed by atoms with van der Waals surface area (Å²) in [6.07, 6.45) is 1.65. The van der Waals surface area contributed by atoms with Crippen LogP contribution in [0.3, 0.4) is 0 Å². The van der Waals surface area contributed by atoms with Gasteiger partial charge in [-0.1, -0.05) is 0 Å². The van der Waals surface area contributed by atoms with E-state index >= 15 is 0 Å². The van der Waals surface area contributed by atoms with Crippen LogP contribution in [-0.4, -0.2) is 50.4 Å². The lowest BCUT2D eigenvalue weighted by Crippen LogP contribution is -2.38. The number of nitrogens with zero attached hydrogens (tertiary/aromatic N) is 3. The number of halogens is 1. The molecule has 0 saturated carbocycles. The van der Waals surface area contributed by atoms with E-state index in [0.29, 0.717) is 37.7 Å². The molecule has 1 aliphatic heterocycles. The molecule has 1 amide bonds. The van der Waals surface area contributed by atoms with Crippen molar-refractivity contribution < 1.29 is 22.3 Å². The summed E-state index contributed by atoms with van der Waals surface area (Å²) in [6.45, 7) is 5.85. The molecule has 1 unspecified atom stereocenters. The van der Waals surface area contributed by atoms with Crippen molar-refractivity contribution in [3.05, 3.63) is 71.3 Å². The second kappa shape index (κ2) is 9.53. The van der Waals surface area contributed by atoms with Gasteiger partial charge in [0.05, 0.1) is 41.6 Å². The number of aromatic nitrogens is 2. The van der Waals surface area contributed by atoms with E-state index < -0.39 is 22.0 Å². The van der Waals surface area contributed by atoms with Crippen LogP contribution in [0.4, 0.5) is 10.1 Å². The van der Waals surface area contributed by atoms with Crippen LogP contribution in [0.2, 0.25) is 0 Å². The van der Waals surface area contributed by atoms with E-state index in [2.05, 4.69) is 10.4 Å². The van der Waals surface area contributed by atoms with E-state index in [0.717, 1.165) is 11.3 Å². The Morgan fingerprint density at radius 3 is 2.50 bits per heavy atom. The van der Waals surface area contributed by atoms with E-state index in [1.54, 1.807) is 29.1 Å². The molecule has 1 aliphatic rings. The second-order valence-corrected chi connectivity index (χ2v) is 9.65. The van der Waals surface area contributed by atoms with Crippen LogP contribution in [0.15, 0.2) is 53.6 Å². The molecule has 0 spiro atoms. The number of carbonyl (C=O) groups is 1. The van der Waals surface area contributed by atoms with Crippen molar-refractivity contribution in [2.24, 2.45) is 5.14 Å². The lowest BCUT2D eigenvalue weighted by atomic mass is 10.1. The molecule has 1 aromatic heterocycles. The van der Waals surface area contributed by atoms with Crippen molar-refractivity contribution >= 4 is 21.6 Å². The van der Waals surface area contributed by atoms with E-state index in [9.17, 15) is 17.6 Å². The van der Waals surface area contributed by atoms with Crippen molar-refractivity contribution in [3.63, 3.8) is 0 Å². The first-order valence-corrected chi connectivity index (χ1v) is 12.3. The Hall–Kier alpha value is -3.28. The summed E-state index contributed by atoms with van der Waals surface area (Å²) >= 11 is 0. The van der Waals surface area contributed by atoms with Crippen molar-refractivity contribution in [1.82, 2.24) is 15.1 Å². The largest absolute Gasteiger partial charge is 0.378 e. The Morgan fingerprint density at radius 1 is 1.18 bits per heavy atom. The SMILES string of the molecule is Cc1c(C(C)NC(=O)c2cc(S(N)(=O)=O)ccc2N2CCOCC2)cnn1-c1ccc(F)cc1. The van der Waals surface area contributed by atoms with Gasteiger partial charge in [-0.15, -0.1) is 0 Å². The number of benzene rings is 2. The third-order valence-corrected chi connectivity index (χ3v) is 6.74. The Bertz CT molecular complexity index is 1300. The number of primary sulfonamides is 1. The molecule has 180 valence electrons. The number of carbonyl (C=O) groups excluding carboxylic acids is 1. The average Bonchev–Trinajstić information content (AvgIpc) is 3.20. The van der Waals surface area contributed by atoms with Gasteiger partial charge in [-0.2, -0.15) is 5.10 Å². The number of anilines is 1. The molecule has 34 heavy (non-hydrogen) atoms. The fraction of sp³-hybridized carbons (Fsp3) is 0.304. The number of sulfonamides is 1. The van der Waals surface area contributed by atoms with Gasteiger partial charge < -0.3 is 15.0 Å². The summed E-state index contributed by atoms with van der Waals surface area (Å²) in [4.78, 5) is 15.2. The number of nitrogens with two attached hydrogens (primary N) is 1. The summed E-state index contributed by atoms with van der Waals surface area (Å²) in [5.74, 6) is -0.777. The number of nitrogens with one attached hydrogen (secondary N) is 1. The highest BCUT2D eigenvalue weighted by molar-refractivity contribution is 7.89. The van der Waals surface area contributed by atoms with Crippen LogP contribution in [0, 0.1) is 12.7 Å². The molecule has 3 aromatic rings. The molecule has 0 bridgehead atoms. The van der Waals surface area contributed by atoms with Gasteiger partial charge in [0.2, 0.25) is 10.0 Å². The molecule has 1 fully saturated rings. The van der Waals surface area contributed by atoms with Crippen molar-refractivity contribution in [1.29, 1.82) is 0 Å². The van der Waals surface area contributed by atoms with Crippen LogP contribution in [0.5, 0.6) is 0 Å². The highest BCUT2D eigenvalue weighted by Gasteiger charge is 2.24. The lowest BCUT2D eigenvalue weighted by Gasteiger charge is -2.30. The number of amides is 1. The molecule has 1 atom stereocenters. The summed E-state index contributed by atoms with van der Waals surface area (Å²) in [7, 11) is -3.99. The number of hydrogen-bond acceptors (Lipinski definition) is 6. The predicted molar refractivity (Wildman–Crippen MR) is 125 cm³/mol. The summed E-state index contributed by atoms with van der Waals surface area (Å²) < 4.78 is 44.2. The summed E-state index contributed by atoms with van der Waals surface area (Å²) in [5, 5.41) is 12.6. The molecular formula is C23H26FN5O4S. The smallest absolute Gasteiger partial charge is 0.253 e. The van der Waals surface area contributed by atoms with Gasteiger partial charge in [0.25, 0.3) is 5.91 Å². The van der Waals surface area contributed by atoms with Gasteiger partial charge in [-0.05, 0) is 56.3 Å². The monoisotopic (exact) mass is 487 g/mol. The van der Waals surface area contributed by atoms with Crippen LogP contribution in [-0.2, 0) is 14.8 Å². The number of ether oxygens (including phenoxy) is 1. The average molecular weight is 488 g/mol. The summed E-state index contributed by atoms with van der Waals surface area (Å²) in [6, 6.07) is 9.82. The quantitative estimate of drug-likeness (QED) is 0.551. The molecule has 4 rings (SSSR count). The fourth-order valence-electron chi connectivity index (χ4n) is 4.00. The Morgan fingerprint density at radius 2 is 1.85 bits per heavy atom. The minimum Gasteiger partial charge on any atom is -0.378 e. The third-order valence-electron chi connectivity index (χ3n) is 5.83. The maximum Gasteiger partial charge on any atom is 0.253 e. The third kappa shape index (κ3) is 4.96. The molecule has 0 aliphatic carbocycles. The zero-order chi connectivity index (χ0) is 24.5. The van der Waals surface area contributed by atoms with E-state index in [-0.39, 0.29) is 16.3 Å². The van der Waals surface area contributed by atoms with Crippen molar-refractivity contribution in [2.45, 2.75) is 24.8 Å². The van der Waals surface area contributed by atoms with Crippen LogP contribution in [0.25, 0.3) is 5.69 Å². The second-order valence-electron chi connectivity index (χ2n) is 8.09. The predicted octanol–water partition coefficient (Wildman–Crippen LogP) is 2.29. The van der Waals surface area contributed by atoms with Crippen LogP contribution in [0.1, 0.15) is 34.6 Å².